The van der Waals surface area contributed by atoms with Gasteiger partial charge in [0.05, 0.1) is 5.02 Å². The van der Waals surface area contributed by atoms with Gasteiger partial charge in [0.15, 0.2) is 0 Å². The number of pyridine rings is 1. The number of aryl methyl sites for hydroxylation is 1. The number of halogens is 2. The molecular weight excluding hydrogens is 257 g/mol. The maximum absolute atomic E-state index is 12.2. The predicted molar refractivity (Wildman–Crippen MR) is 68.9 cm³/mol. The van der Waals surface area contributed by atoms with E-state index in [2.05, 4.69) is 4.98 Å². The molecule has 0 unspecified atom stereocenters. The minimum absolute atomic E-state index is 0.190. The van der Waals surface area contributed by atoms with Crippen LogP contribution in [0.3, 0.4) is 0 Å². The molecule has 0 saturated carbocycles. The van der Waals surface area contributed by atoms with Crippen molar-refractivity contribution in [3.63, 3.8) is 0 Å². The quantitative estimate of drug-likeness (QED) is 0.771. The molecule has 2 aromatic rings. The van der Waals surface area contributed by atoms with E-state index in [9.17, 15) is 4.79 Å². The summed E-state index contributed by atoms with van der Waals surface area (Å²) in [7, 11) is 0. The van der Waals surface area contributed by atoms with E-state index < -0.39 is 0 Å². The topological polar surface area (TPSA) is 30.0 Å². The summed E-state index contributed by atoms with van der Waals surface area (Å²) in [6, 6.07) is 8.42. The summed E-state index contributed by atoms with van der Waals surface area (Å²) in [4.78, 5) is 16.3. The number of benzene rings is 1. The molecule has 17 heavy (non-hydrogen) atoms. The minimum Gasteiger partial charge on any atom is -0.287 e. The molecule has 0 bridgehead atoms. The number of ketones is 1. The molecule has 0 spiro atoms. The zero-order chi connectivity index (χ0) is 12.4. The second-order valence-corrected chi connectivity index (χ2v) is 4.47. The zero-order valence-electron chi connectivity index (χ0n) is 9.08. The van der Waals surface area contributed by atoms with E-state index in [4.69, 9.17) is 23.2 Å². The Hall–Kier alpha value is -1.38. The average molecular weight is 266 g/mol. The Morgan fingerprint density at radius 3 is 2.65 bits per heavy atom. The fourth-order valence-corrected chi connectivity index (χ4v) is 2.02. The highest BCUT2D eigenvalue weighted by atomic mass is 35.5. The van der Waals surface area contributed by atoms with Crippen LogP contribution in [0.25, 0.3) is 0 Å². The van der Waals surface area contributed by atoms with Gasteiger partial charge in [-0.3, -0.25) is 9.78 Å². The highest BCUT2D eigenvalue weighted by Crippen LogP contribution is 2.23. The van der Waals surface area contributed by atoms with Crippen molar-refractivity contribution in [2.75, 3.05) is 0 Å². The van der Waals surface area contributed by atoms with Gasteiger partial charge >= 0.3 is 0 Å². The number of carbonyl (C=O) groups is 1. The number of aromatic nitrogens is 1. The lowest BCUT2D eigenvalue weighted by Gasteiger charge is -2.05. The van der Waals surface area contributed by atoms with Crippen molar-refractivity contribution in [1.29, 1.82) is 0 Å². The molecular formula is C13H9Cl2NO. The molecule has 0 saturated heterocycles. The molecule has 0 radical (unpaired) electrons. The molecule has 86 valence electrons. The van der Waals surface area contributed by atoms with Gasteiger partial charge in [0, 0.05) is 16.8 Å². The number of nitrogens with zero attached hydrogens (tertiary/aromatic N) is 1. The Kier molecular flexibility index (Phi) is 3.46. The van der Waals surface area contributed by atoms with Crippen LogP contribution in [0.2, 0.25) is 10.0 Å². The molecule has 0 atom stereocenters. The van der Waals surface area contributed by atoms with Crippen molar-refractivity contribution in [3.05, 3.63) is 63.4 Å². The molecule has 0 amide bonds. The molecule has 1 heterocycles. The van der Waals surface area contributed by atoms with E-state index in [0.717, 1.165) is 5.56 Å². The van der Waals surface area contributed by atoms with Gasteiger partial charge in [-0.15, -0.1) is 0 Å². The molecule has 0 aliphatic rings. The first kappa shape index (κ1) is 12.1. The second kappa shape index (κ2) is 4.86. The van der Waals surface area contributed by atoms with Crippen LogP contribution in [-0.2, 0) is 0 Å². The molecule has 0 aliphatic heterocycles. The van der Waals surface area contributed by atoms with Gasteiger partial charge in [0.1, 0.15) is 5.69 Å². The van der Waals surface area contributed by atoms with E-state index >= 15 is 0 Å². The predicted octanol–water partition coefficient (Wildman–Crippen LogP) is 3.93. The van der Waals surface area contributed by atoms with Crippen LogP contribution in [0.5, 0.6) is 0 Å². The van der Waals surface area contributed by atoms with Crippen LogP contribution in [0, 0.1) is 6.92 Å². The third-order valence-electron chi connectivity index (χ3n) is 2.40. The fraction of sp³-hybridized carbons (Fsp3) is 0.0769. The molecule has 2 rings (SSSR count). The van der Waals surface area contributed by atoms with Gasteiger partial charge in [-0.2, -0.15) is 0 Å². The molecule has 2 nitrogen and oxygen atoms in total. The normalized spacial score (nSPS) is 10.3. The van der Waals surface area contributed by atoms with E-state index in [1.165, 1.54) is 0 Å². The first-order valence-corrected chi connectivity index (χ1v) is 5.76. The first-order valence-electron chi connectivity index (χ1n) is 5.01. The van der Waals surface area contributed by atoms with Gasteiger partial charge < -0.3 is 0 Å². The highest BCUT2D eigenvalue weighted by molar-refractivity contribution is 6.37. The Bertz CT molecular complexity index is 581. The van der Waals surface area contributed by atoms with Gasteiger partial charge in [-0.25, -0.2) is 0 Å². The van der Waals surface area contributed by atoms with Crippen LogP contribution >= 0.6 is 23.2 Å². The van der Waals surface area contributed by atoms with Crippen molar-refractivity contribution in [3.8, 4) is 0 Å². The summed E-state index contributed by atoms with van der Waals surface area (Å²) >= 11 is 11.8. The Morgan fingerprint density at radius 2 is 2.00 bits per heavy atom. The highest BCUT2D eigenvalue weighted by Gasteiger charge is 2.15. The van der Waals surface area contributed by atoms with Crippen LogP contribution in [-0.4, -0.2) is 10.8 Å². The molecule has 0 aliphatic carbocycles. The third-order valence-corrected chi connectivity index (χ3v) is 2.95. The minimum atomic E-state index is -0.190. The first-order chi connectivity index (χ1) is 8.09. The number of carbonyl (C=O) groups excluding carboxylic acids is 1. The van der Waals surface area contributed by atoms with Crippen molar-refractivity contribution in [2.45, 2.75) is 6.92 Å². The van der Waals surface area contributed by atoms with Gasteiger partial charge in [0.25, 0.3) is 0 Å². The van der Waals surface area contributed by atoms with Crippen molar-refractivity contribution < 1.29 is 4.79 Å². The Labute approximate surface area is 109 Å². The summed E-state index contributed by atoms with van der Waals surface area (Å²) in [5.41, 5.74) is 1.65. The van der Waals surface area contributed by atoms with Crippen LogP contribution in [0.1, 0.15) is 21.6 Å². The lowest BCUT2D eigenvalue weighted by atomic mass is 10.0. The molecule has 1 aromatic carbocycles. The lowest BCUT2D eigenvalue weighted by molar-refractivity contribution is 0.103. The second-order valence-electron chi connectivity index (χ2n) is 3.62. The zero-order valence-corrected chi connectivity index (χ0v) is 10.6. The fourth-order valence-electron chi connectivity index (χ4n) is 1.52. The monoisotopic (exact) mass is 265 g/mol. The third kappa shape index (κ3) is 2.48. The Morgan fingerprint density at radius 1 is 1.24 bits per heavy atom. The smallest absolute Gasteiger partial charge is 0.213 e. The summed E-state index contributed by atoms with van der Waals surface area (Å²) in [5.74, 6) is -0.190. The standard InChI is InChI=1S/C13H9Cl2NO/c1-8-3-2-6-16-12(8)13(17)10-5-4-9(14)7-11(10)15/h2-7H,1H3. The molecule has 1 aromatic heterocycles. The molecule has 0 fully saturated rings. The van der Waals surface area contributed by atoms with E-state index in [-0.39, 0.29) is 5.78 Å². The molecule has 4 heteroatoms. The van der Waals surface area contributed by atoms with Crippen molar-refractivity contribution in [1.82, 2.24) is 4.98 Å². The van der Waals surface area contributed by atoms with Crippen LogP contribution in [0.4, 0.5) is 0 Å². The van der Waals surface area contributed by atoms with Gasteiger partial charge in [-0.05, 0) is 36.8 Å². The van der Waals surface area contributed by atoms with Gasteiger partial charge in [-0.1, -0.05) is 29.3 Å². The van der Waals surface area contributed by atoms with Gasteiger partial charge in [0.2, 0.25) is 5.78 Å². The van der Waals surface area contributed by atoms with Crippen molar-refractivity contribution in [2.24, 2.45) is 0 Å². The number of rotatable bonds is 2. The Balaban J connectivity index is 2.48. The maximum Gasteiger partial charge on any atom is 0.213 e. The van der Waals surface area contributed by atoms with E-state index in [1.54, 1.807) is 30.5 Å². The number of hydrogen-bond donors (Lipinski definition) is 0. The van der Waals surface area contributed by atoms with Crippen molar-refractivity contribution >= 4 is 29.0 Å². The molecule has 0 N–H and O–H groups in total. The maximum atomic E-state index is 12.2. The summed E-state index contributed by atoms with van der Waals surface area (Å²) in [5, 5.41) is 0.844. The average Bonchev–Trinajstić information content (AvgIpc) is 2.29. The van der Waals surface area contributed by atoms with E-state index in [0.29, 0.717) is 21.3 Å². The lowest BCUT2D eigenvalue weighted by Crippen LogP contribution is -2.06. The summed E-state index contributed by atoms with van der Waals surface area (Å²) < 4.78 is 0. The number of hydrogen-bond acceptors (Lipinski definition) is 2. The largest absolute Gasteiger partial charge is 0.287 e. The summed E-state index contributed by atoms with van der Waals surface area (Å²) in [6.07, 6.45) is 1.59. The summed E-state index contributed by atoms with van der Waals surface area (Å²) in [6.45, 7) is 1.84. The van der Waals surface area contributed by atoms with Crippen LogP contribution in [0.15, 0.2) is 36.5 Å². The van der Waals surface area contributed by atoms with E-state index in [1.807, 2.05) is 13.0 Å². The van der Waals surface area contributed by atoms with Crippen LogP contribution < -0.4 is 0 Å². The SMILES string of the molecule is Cc1cccnc1C(=O)c1ccc(Cl)cc1Cl.